The Kier molecular flexibility index (Phi) is 5.57. The van der Waals surface area contributed by atoms with Gasteiger partial charge in [-0.3, -0.25) is 0 Å². The van der Waals surface area contributed by atoms with Gasteiger partial charge in [0.2, 0.25) is 0 Å². The summed E-state index contributed by atoms with van der Waals surface area (Å²) in [5, 5.41) is 0. The number of hydrogen-bond acceptors (Lipinski definition) is 0. The summed E-state index contributed by atoms with van der Waals surface area (Å²) in [7, 11) is 0. The fraction of sp³-hybridized carbons (Fsp3) is 0.111. The van der Waals surface area contributed by atoms with E-state index in [1.54, 1.807) is 0 Å². The Morgan fingerprint density at radius 3 is 1.19 bits per heavy atom. The molecule has 1 aliphatic rings. The van der Waals surface area contributed by atoms with E-state index in [0.717, 1.165) is 17.9 Å². The highest BCUT2D eigenvalue weighted by atomic mass is 79.9. The molecule has 0 aromatic heterocycles. The Balaban J connectivity index is 2.00. The fourth-order valence-electron chi connectivity index (χ4n) is 4.75. The Morgan fingerprint density at radius 1 is 0.516 bits per heavy atom. The molecule has 0 spiro atoms. The van der Waals surface area contributed by atoms with Crippen LogP contribution in [0.1, 0.15) is 33.4 Å². The van der Waals surface area contributed by atoms with Gasteiger partial charge in [0.15, 0.2) is 0 Å². The molecule has 0 atom stereocenters. The maximum Gasteiger partial charge on any atom is 0.0715 e. The molecular weight excluding hydrogens is 644 g/mol. The first kappa shape index (κ1) is 21.6. The van der Waals surface area contributed by atoms with Gasteiger partial charge in [-0.1, -0.05) is 112 Å². The molecule has 0 fully saturated rings. The molecule has 31 heavy (non-hydrogen) atoms. The maximum absolute atomic E-state index is 3.81. The molecule has 1 aliphatic carbocycles. The highest BCUT2D eigenvalue weighted by Gasteiger charge is 2.46. The zero-order valence-electron chi connectivity index (χ0n) is 16.9. The summed E-state index contributed by atoms with van der Waals surface area (Å²) < 4.78 is 4.40. The van der Waals surface area contributed by atoms with Gasteiger partial charge in [0.1, 0.15) is 0 Å². The molecule has 0 saturated heterocycles. The van der Waals surface area contributed by atoms with Gasteiger partial charge in [-0.2, -0.15) is 0 Å². The van der Waals surface area contributed by atoms with Gasteiger partial charge in [0.25, 0.3) is 0 Å². The van der Waals surface area contributed by atoms with Gasteiger partial charge in [-0.05, 0) is 82.6 Å². The van der Waals surface area contributed by atoms with E-state index in [1.807, 2.05) is 0 Å². The Morgan fingerprint density at radius 2 is 0.839 bits per heavy atom. The van der Waals surface area contributed by atoms with E-state index in [4.69, 9.17) is 0 Å². The average molecular weight is 662 g/mol. The summed E-state index contributed by atoms with van der Waals surface area (Å²) in [5.41, 5.74) is 9.63. The second-order valence-electron chi connectivity index (χ2n) is 7.97. The lowest BCUT2D eigenvalue weighted by Gasteiger charge is -2.35. The first-order valence-corrected chi connectivity index (χ1v) is 13.1. The largest absolute Gasteiger partial charge is 0.0715 e. The Bertz CT molecular complexity index is 1200. The normalized spacial score (nSPS) is 13.7. The van der Waals surface area contributed by atoms with Crippen molar-refractivity contribution in [3.63, 3.8) is 0 Å². The van der Waals surface area contributed by atoms with Crippen LogP contribution in [0.15, 0.2) is 90.7 Å². The van der Waals surface area contributed by atoms with Crippen molar-refractivity contribution in [2.75, 3.05) is 0 Å². The van der Waals surface area contributed by atoms with Gasteiger partial charge in [0.05, 0.1) is 5.41 Å². The smallest absolute Gasteiger partial charge is 0.0619 e. The topological polar surface area (TPSA) is 0 Å². The van der Waals surface area contributed by atoms with Crippen molar-refractivity contribution in [1.82, 2.24) is 0 Å². The van der Waals surface area contributed by atoms with E-state index < -0.39 is 5.41 Å². The van der Waals surface area contributed by atoms with Crippen molar-refractivity contribution >= 4 is 63.7 Å². The summed E-state index contributed by atoms with van der Waals surface area (Å²) in [6, 6.07) is 26.7. The Labute approximate surface area is 216 Å². The van der Waals surface area contributed by atoms with Gasteiger partial charge in [0, 0.05) is 17.9 Å². The first-order valence-electron chi connectivity index (χ1n) is 9.97. The van der Waals surface area contributed by atoms with Crippen LogP contribution < -0.4 is 0 Å². The molecule has 0 saturated carbocycles. The highest BCUT2D eigenvalue weighted by molar-refractivity contribution is 9.11. The number of halogens is 4. The quantitative estimate of drug-likeness (QED) is 0.177. The van der Waals surface area contributed by atoms with Crippen LogP contribution in [-0.4, -0.2) is 0 Å². The van der Waals surface area contributed by atoms with Gasteiger partial charge >= 0.3 is 0 Å². The van der Waals surface area contributed by atoms with Crippen molar-refractivity contribution in [3.05, 3.63) is 124 Å². The highest BCUT2D eigenvalue weighted by Crippen LogP contribution is 2.57. The fourth-order valence-corrected chi connectivity index (χ4v) is 7.12. The molecule has 0 N–H and O–H groups in total. The molecule has 4 aromatic rings. The molecule has 0 radical (unpaired) electrons. The van der Waals surface area contributed by atoms with Crippen LogP contribution in [0.3, 0.4) is 0 Å². The molecule has 154 valence electrons. The average Bonchev–Trinajstić information content (AvgIpc) is 3.06. The molecule has 4 aromatic carbocycles. The molecule has 5 rings (SSSR count). The minimum atomic E-state index is -0.426. The van der Waals surface area contributed by atoms with Crippen molar-refractivity contribution in [3.8, 4) is 11.1 Å². The van der Waals surface area contributed by atoms with Crippen molar-refractivity contribution < 1.29 is 0 Å². The van der Waals surface area contributed by atoms with E-state index in [1.165, 1.54) is 44.5 Å². The molecule has 0 nitrogen and oxygen atoms in total. The number of rotatable bonds is 2. The van der Waals surface area contributed by atoms with E-state index in [2.05, 4.69) is 150 Å². The second-order valence-corrected chi connectivity index (χ2v) is 11.4. The summed E-state index contributed by atoms with van der Waals surface area (Å²) in [4.78, 5) is 0. The van der Waals surface area contributed by atoms with Gasteiger partial charge < -0.3 is 0 Å². The predicted octanol–water partition coefficient (Wildman–Crippen LogP) is 9.72. The third-order valence-corrected chi connectivity index (χ3v) is 9.67. The second kappa shape index (κ2) is 7.98. The molecule has 0 unspecified atom stereocenters. The van der Waals surface area contributed by atoms with Crippen LogP contribution >= 0.6 is 63.7 Å². The van der Waals surface area contributed by atoms with E-state index in [9.17, 15) is 0 Å². The lowest BCUT2D eigenvalue weighted by atomic mass is 9.67. The van der Waals surface area contributed by atoms with Crippen molar-refractivity contribution in [1.29, 1.82) is 0 Å². The molecular formula is C27H18Br4. The molecule has 0 bridgehead atoms. The first-order chi connectivity index (χ1) is 14.9. The van der Waals surface area contributed by atoms with Crippen LogP contribution in [0, 0.1) is 13.8 Å². The van der Waals surface area contributed by atoms with Crippen LogP contribution in [0.4, 0.5) is 0 Å². The zero-order chi connectivity index (χ0) is 21.9. The number of benzene rings is 4. The lowest BCUT2D eigenvalue weighted by Crippen LogP contribution is -2.29. The van der Waals surface area contributed by atoms with Crippen LogP contribution in [0.25, 0.3) is 11.1 Å². The summed E-state index contributed by atoms with van der Waals surface area (Å²) in [6.07, 6.45) is 0. The van der Waals surface area contributed by atoms with E-state index in [0.29, 0.717) is 0 Å². The Hall–Kier alpha value is -1.20. The monoisotopic (exact) mass is 658 g/mol. The van der Waals surface area contributed by atoms with Gasteiger partial charge in [-0.15, -0.1) is 0 Å². The zero-order valence-corrected chi connectivity index (χ0v) is 23.3. The molecule has 0 heterocycles. The minimum absolute atomic E-state index is 0.426. The lowest BCUT2D eigenvalue weighted by molar-refractivity contribution is 0.764. The third kappa shape index (κ3) is 3.17. The molecule has 0 aliphatic heterocycles. The number of hydrogen-bond donors (Lipinski definition) is 0. The van der Waals surface area contributed by atoms with Crippen LogP contribution in [0.5, 0.6) is 0 Å². The van der Waals surface area contributed by atoms with Crippen molar-refractivity contribution in [2.45, 2.75) is 19.3 Å². The number of fused-ring (bicyclic) bond motifs is 3. The van der Waals surface area contributed by atoms with Crippen LogP contribution in [-0.2, 0) is 5.41 Å². The van der Waals surface area contributed by atoms with E-state index >= 15 is 0 Å². The minimum Gasteiger partial charge on any atom is -0.0619 e. The SMILES string of the molecule is Cc1c(Br)cc(C2(c3cc(Br)c(C)c(Br)c3)c3ccccc3-c3ccccc32)cc1Br. The predicted molar refractivity (Wildman–Crippen MR) is 144 cm³/mol. The van der Waals surface area contributed by atoms with E-state index in [-0.39, 0.29) is 0 Å². The summed E-state index contributed by atoms with van der Waals surface area (Å²) in [5.74, 6) is 0. The molecule has 4 heteroatoms. The summed E-state index contributed by atoms with van der Waals surface area (Å²) in [6.45, 7) is 4.25. The van der Waals surface area contributed by atoms with Gasteiger partial charge in [-0.25, -0.2) is 0 Å². The standard InChI is InChI=1S/C27H18Br4/c1-15-23(28)11-17(12-24(15)29)27(18-13-25(30)16(2)26(31)14-18)21-9-5-3-7-19(21)20-8-4-6-10-22(20)27/h3-14H,1-2H3. The maximum atomic E-state index is 3.81. The van der Waals surface area contributed by atoms with Crippen molar-refractivity contribution in [2.24, 2.45) is 0 Å². The third-order valence-electron chi connectivity index (χ3n) is 6.38. The van der Waals surface area contributed by atoms with Crippen LogP contribution in [0.2, 0.25) is 0 Å². The molecule has 0 amide bonds. The summed E-state index contributed by atoms with van der Waals surface area (Å²) >= 11 is 15.3.